The summed E-state index contributed by atoms with van der Waals surface area (Å²) in [4.78, 5) is 26.8. The molecule has 2 fully saturated rings. The minimum Gasteiger partial charge on any atom is -0.460 e. The number of rotatable bonds is 6. The molecule has 0 aliphatic carbocycles. The highest BCUT2D eigenvalue weighted by molar-refractivity contribution is 7.89. The van der Waals surface area contributed by atoms with Crippen LogP contribution in [0.4, 0.5) is 4.39 Å². The number of hydrogen-bond acceptors (Lipinski definition) is 6. The summed E-state index contributed by atoms with van der Waals surface area (Å²) >= 11 is 0. The minimum absolute atomic E-state index is 0.0152. The van der Waals surface area contributed by atoms with E-state index in [1.165, 1.54) is 28.6 Å². The summed E-state index contributed by atoms with van der Waals surface area (Å²) < 4.78 is 50.5. The van der Waals surface area contributed by atoms with Gasteiger partial charge in [0.05, 0.1) is 12.6 Å². The number of piperidine rings is 1. The molecule has 2 aliphatic heterocycles. The second-order valence-electron chi connectivity index (χ2n) is 8.26. The molecule has 1 atom stereocenters. The van der Waals surface area contributed by atoms with Gasteiger partial charge in [0, 0.05) is 25.6 Å². The number of amides is 1. The first-order chi connectivity index (χ1) is 15.8. The second-order valence-corrected chi connectivity index (χ2v) is 10.1. The molecule has 0 saturated carbocycles. The third kappa shape index (κ3) is 4.81. The highest BCUT2D eigenvalue weighted by Crippen LogP contribution is 2.35. The van der Waals surface area contributed by atoms with Crippen LogP contribution in [0.1, 0.15) is 54.8 Å². The van der Waals surface area contributed by atoms with Crippen LogP contribution in [0.3, 0.4) is 0 Å². The summed E-state index contributed by atoms with van der Waals surface area (Å²) in [6, 6.07) is 8.69. The number of benzene rings is 1. The van der Waals surface area contributed by atoms with Crippen LogP contribution in [0.5, 0.6) is 0 Å². The molecule has 0 N–H and O–H groups in total. The first kappa shape index (κ1) is 23.4. The Labute approximate surface area is 192 Å². The molecule has 8 nitrogen and oxygen atoms in total. The molecule has 1 amide bonds. The number of halogens is 1. The van der Waals surface area contributed by atoms with Gasteiger partial charge in [-0.2, -0.15) is 4.31 Å². The van der Waals surface area contributed by atoms with Gasteiger partial charge in [0.15, 0.2) is 0 Å². The van der Waals surface area contributed by atoms with E-state index >= 15 is 0 Å². The van der Waals surface area contributed by atoms with E-state index in [-0.39, 0.29) is 54.2 Å². The van der Waals surface area contributed by atoms with Gasteiger partial charge in [0.2, 0.25) is 16.8 Å². The zero-order chi connectivity index (χ0) is 23.6. The number of furan rings is 1. The molecule has 0 bridgehead atoms. The van der Waals surface area contributed by atoms with Crippen molar-refractivity contribution < 1.29 is 31.6 Å². The lowest BCUT2D eigenvalue weighted by Gasteiger charge is -2.34. The van der Waals surface area contributed by atoms with Gasteiger partial charge in [0.1, 0.15) is 5.82 Å². The van der Waals surface area contributed by atoms with Crippen molar-refractivity contribution in [3.05, 3.63) is 53.5 Å². The molecule has 178 valence electrons. The van der Waals surface area contributed by atoms with Gasteiger partial charge in [0.25, 0.3) is 10.0 Å². The predicted molar refractivity (Wildman–Crippen MR) is 116 cm³/mol. The quantitative estimate of drug-likeness (QED) is 0.591. The van der Waals surface area contributed by atoms with Crippen molar-refractivity contribution in [2.45, 2.75) is 43.7 Å². The van der Waals surface area contributed by atoms with Crippen molar-refractivity contribution in [1.29, 1.82) is 0 Å². The number of likely N-dealkylation sites (tertiary alicyclic amines) is 1. The number of sulfonamides is 1. The molecule has 0 radical (unpaired) electrons. The Morgan fingerprint density at radius 3 is 2.42 bits per heavy atom. The Morgan fingerprint density at radius 1 is 1.06 bits per heavy atom. The standard InChI is InChI=1S/C23H27FN2O6S/c1-2-31-23(28)20-9-10-21(32-20)33(29,30)25-14-11-17(12-15-25)22(27)26-13-3-4-19(26)16-5-7-18(24)8-6-16/h5-10,17,19H,2-4,11-15H2,1H3. The molecule has 2 aliphatic rings. The Kier molecular flexibility index (Phi) is 6.85. The van der Waals surface area contributed by atoms with Crippen molar-refractivity contribution >= 4 is 21.9 Å². The fourth-order valence-corrected chi connectivity index (χ4v) is 5.92. The summed E-state index contributed by atoms with van der Waals surface area (Å²) in [6.07, 6.45) is 2.50. The highest BCUT2D eigenvalue weighted by Gasteiger charge is 2.38. The SMILES string of the molecule is CCOC(=O)c1ccc(S(=O)(=O)N2CCC(C(=O)N3CCCC3c3ccc(F)cc3)CC2)o1. The molecule has 33 heavy (non-hydrogen) atoms. The Bertz CT molecular complexity index is 1110. The fraction of sp³-hybridized carbons (Fsp3) is 0.478. The Hall–Kier alpha value is -2.72. The summed E-state index contributed by atoms with van der Waals surface area (Å²) in [5, 5.41) is -0.314. The third-order valence-electron chi connectivity index (χ3n) is 6.25. The molecule has 1 unspecified atom stereocenters. The summed E-state index contributed by atoms with van der Waals surface area (Å²) in [6.45, 7) is 2.81. The maximum atomic E-state index is 13.3. The van der Waals surface area contributed by atoms with E-state index in [1.807, 2.05) is 4.90 Å². The van der Waals surface area contributed by atoms with E-state index in [4.69, 9.17) is 9.15 Å². The number of carbonyl (C=O) groups excluding carboxylic acids is 2. The van der Waals surface area contributed by atoms with Crippen molar-refractivity contribution in [2.24, 2.45) is 5.92 Å². The molecule has 2 aromatic rings. The van der Waals surface area contributed by atoms with Gasteiger partial charge in [-0.15, -0.1) is 0 Å². The van der Waals surface area contributed by atoms with Crippen LogP contribution in [-0.2, 0) is 19.6 Å². The maximum absolute atomic E-state index is 13.3. The normalized spacial score (nSPS) is 20.2. The largest absolute Gasteiger partial charge is 0.460 e. The first-order valence-corrected chi connectivity index (χ1v) is 12.6. The summed E-state index contributed by atoms with van der Waals surface area (Å²) in [5.74, 6) is -1.45. The van der Waals surface area contributed by atoms with Gasteiger partial charge in [-0.3, -0.25) is 4.79 Å². The van der Waals surface area contributed by atoms with Gasteiger partial charge in [-0.05, 0) is 62.4 Å². The van der Waals surface area contributed by atoms with E-state index in [1.54, 1.807) is 19.1 Å². The lowest BCUT2D eigenvalue weighted by molar-refractivity contribution is -0.137. The molecule has 4 rings (SSSR count). The van der Waals surface area contributed by atoms with Crippen LogP contribution >= 0.6 is 0 Å². The smallest absolute Gasteiger partial charge is 0.374 e. The predicted octanol–water partition coefficient (Wildman–Crippen LogP) is 3.36. The maximum Gasteiger partial charge on any atom is 0.374 e. The lowest BCUT2D eigenvalue weighted by atomic mass is 9.95. The molecule has 2 saturated heterocycles. The van der Waals surface area contributed by atoms with Crippen LogP contribution in [0.15, 0.2) is 45.9 Å². The van der Waals surface area contributed by atoms with Crippen molar-refractivity contribution in [2.75, 3.05) is 26.2 Å². The Morgan fingerprint density at radius 2 is 1.76 bits per heavy atom. The van der Waals surface area contributed by atoms with Crippen LogP contribution < -0.4 is 0 Å². The zero-order valence-corrected chi connectivity index (χ0v) is 19.2. The average Bonchev–Trinajstić information content (AvgIpc) is 3.50. The zero-order valence-electron chi connectivity index (χ0n) is 18.4. The number of carbonyl (C=O) groups is 2. The van der Waals surface area contributed by atoms with Crippen molar-refractivity contribution in [3.8, 4) is 0 Å². The molecule has 1 aromatic heterocycles. The summed E-state index contributed by atoms with van der Waals surface area (Å²) in [5.41, 5.74) is 0.914. The molecular weight excluding hydrogens is 451 g/mol. The Balaban J connectivity index is 1.39. The van der Waals surface area contributed by atoms with E-state index in [0.717, 1.165) is 18.4 Å². The van der Waals surface area contributed by atoms with Gasteiger partial charge < -0.3 is 14.1 Å². The monoisotopic (exact) mass is 478 g/mol. The molecule has 10 heteroatoms. The van der Waals surface area contributed by atoms with Crippen molar-refractivity contribution in [3.63, 3.8) is 0 Å². The first-order valence-electron chi connectivity index (χ1n) is 11.1. The number of hydrogen-bond donors (Lipinski definition) is 0. The van der Waals surface area contributed by atoms with Crippen LogP contribution in [0, 0.1) is 11.7 Å². The topological polar surface area (TPSA) is 97.1 Å². The molecular formula is C23H27FN2O6S. The fourth-order valence-electron chi connectivity index (χ4n) is 4.54. The van der Waals surface area contributed by atoms with Gasteiger partial charge in [-0.1, -0.05) is 12.1 Å². The second kappa shape index (κ2) is 9.64. The van der Waals surface area contributed by atoms with Crippen LogP contribution in [0.25, 0.3) is 0 Å². The number of ether oxygens (including phenoxy) is 1. The van der Waals surface area contributed by atoms with Crippen LogP contribution in [0.2, 0.25) is 0 Å². The van der Waals surface area contributed by atoms with E-state index in [2.05, 4.69) is 0 Å². The molecule has 1 aromatic carbocycles. The van der Waals surface area contributed by atoms with E-state index in [9.17, 15) is 22.4 Å². The van der Waals surface area contributed by atoms with E-state index in [0.29, 0.717) is 19.4 Å². The van der Waals surface area contributed by atoms with Crippen LogP contribution in [-0.4, -0.2) is 55.7 Å². The summed E-state index contributed by atoms with van der Waals surface area (Å²) in [7, 11) is -3.92. The lowest BCUT2D eigenvalue weighted by Crippen LogP contribution is -2.44. The van der Waals surface area contributed by atoms with Gasteiger partial charge in [-0.25, -0.2) is 17.6 Å². The number of esters is 1. The third-order valence-corrected chi connectivity index (χ3v) is 8.02. The molecule has 0 spiro atoms. The minimum atomic E-state index is -3.92. The van der Waals surface area contributed by atoms with Gasteiger partial charge >= 0.3 is 5.97 Å². The highest BCUT2D eigenvalue weighted by atomic mass is 32.2. The molecule has 3 heterocycles. The van der Waals surface area contributed by atoms with Crippen molar-refractivity contribution in [1.82, 2.24) is 9.21 Å². The average molecular weight is 479 g/mol. The van der Waals surface area contributed by atoms with E-state index < -0.39 is 16.0 Å². The number of nitrogens with zero attached hydrogens (tertiary/aromatic N) is 2.